The number of alkyl halides is 3. The standard InChI is InChI=1S/C21H14ClF3N4OS2/c22-14-6-8-16(9-7-14)29-19(17-5-2-10-31-17)27-28-20(29)32-12-18(30)26-15-4-1-3-13(11-15)21(23,24)25/h1-11H,12H2,(H,26,30). The van der Waals surface area contributed by atoms with Crippen LogP contribution in [0.25, 0.3) is 16.4 Å². The number of anilines is 1. The average Bonchev–Trinajstić information content (AvgIpc) is 3.42. The Morgan fingerprint density at radius 2 is 1.88 bits per heavy atom. The molecule has 0 aliphatic heterocycles. The fourth-order valence-electron chi connectivity index (χ4n) is 2.85. The number of benzene rings is 2. The first-order valence-electron chi connectivity index (χ1n) is 9.16. The molecule has 1 amide bonds. The second-order valence-corrected chi connectivity index (χ2v) is 8.84. The zero-order valence-corrected chi connectivity index (χ0v) is 18.5. The highest BCUT2D eigenvalue weighted by Crippen LogP contribution is 2.32. The van der Waals surface area contributed by atoms with Crippen LogP contribution in [0, 0.1) is 0 Å². The molecule has 0 aliphatic rings. The van der Waals surface area contributed by atoms with Crippen molar-refractivity contribution in [3.05, 3.63) is 76.6 Å². The molecular weight excluding hydrogens is 481 g/mol. The fraction of sp³-hybridized carbons (Fsp3) is 0.0952. The van der Waals surface area contributed by atoms with Crippen molar-refractivity contribution in [2.45, 2.75) is 11.3 Å². The molecule has 2 heterocycles. The number of carbonyl (C=O) groups is 1. The number of aromatic nitrogens is 3. The molecule has 2 aromatic heterocycles. The van der Waals surface area contributed by atoms with Crippen LogP contribution in [-0.2, 0) is 11.0 Å². The Kier molecular flexibility index (Phi) is 6.54. The predicted octanol–water partition coefficient (Wildman–Crippen LogP) is 6.40. The molecule has 0 bridgehead atoms. The van der Waals surface area contributed by atoms with E-state index in [-0.39, 0.29) is 11.4 Å². The van der Waals surface area contributed by atoms with Gasteiger partial charge in [-0.3, -0.25) is 9.36 Å². The van der Waals surface area contributed by atoms with Gasteiger partial charge >= 0.3 is 6.18 Å². The summed E-state index contributed by atoms with van der Waals surface area (Å²) < 4.78 is 40.5. The van der Waals surface area contributed by atoms with Crippen molar-refractivity contribution in [3.8, 4) is 16.4 Å². The zero-order valence-electron chi connectivity index (χ0n) is 16.1. The largest absolute Gasteiger partial charge is 0.416 e. The molecule has 164 valence electrons. The number of halogens is 4. The number of hydrogen-bond donors (Lipinski definition) is 1. The van der Waals surface area contributed by atoms with Gasteiger partial charge in [-0.2, -0.15) is 13.2 Å². The summed E-state index contributed by atoms with van der Waals surface area (Å²) in [6, 6.07) is 15.4. The molecule has 0 aliphatic carbocycles. The summed E-state index contributed by atoms with van der Waals surface area (Å²) >= 11 is 8.63. The highest BCUT2D eigenvalue weighted by molar-refractivity contribution is 7.99. The van der Waals surface area contributed by atoms with E-state index in [1.54, 1.807) is 12.1 Å². The number of hydrogen-bond acceptors (Lipinski definition) is 5. The minimum absolute atomic E-state index is 0.0631. The fourth-order valence-corrected chi connectivity index (χ4v) is 4.43. The van der Waals surface area contributed by atoms with Crippen molar-refractivity contribution in [2.24, 2.45) is 0 Å². The SMILES string of the molecule is O=C(CSc1nnc(-c2cccs2)n1-c1ccc(Cl)cc1)Nc1cccc(C(F)(F)F)c1. The van der Waals surface area contributed by atoms with Gasteiger partial charge in [-0.1, -0.05) is 35.5 Å². The number of nitrogens with one attached hydrogen (secondary N) is 1. The maximum Gasteiger partial charge on any atom is 0.416 e. The number of amides is 1. The summed E-state index contributed by atoms with van der Waals surface area (Å²) in [6.07, 6.45) is -4.48. The first-order valence-corrected chi connectivity index (χ1v) is 11.4. The number of thioether (sulfide) groups is 1. The van der Waals surface area contributed by atoms with Crippen LogP contribution in [0.5, 0.6) is 0 Å². The topological polar surface area (TPSA) is 59.8 Å². The summed E-state index contributed by atoms with van der Waals surface area (Å²) in [6.45, 7) is 0. The average molecular weight is 495 g/mol. The molecule has 32 heavy (non-hydrogen) atoms. The van der Waals surface area contributed by atoms with E-state index < -0.39 is 17.6 Å². The van der Waals surface area contributed by atoms with E-state index in [1.165, 1.54) is 23.5 Å². The van der Waals surface area contributed by atoms with Crippen molar-refractivity contribution < 1.29 is 18.0 Å². The number of rotatable bonds is 6. The molecule has 0 spiro atoms. The third kappa shape index (κ3) is 5.14. The van der Waals surface area contributed by atoms with Gasteiger partial charge in [-0.15, -0.1) is 21.5 Å². The van der Waals surface area contributed by atoms with Crippen LogP contribution in [-0.4, -0.2) is 26.4 Å². The maximum absolute atomic E-state index is 12.9. The van der Waals surface area contributed by atoms with Crippen LogP contribution < -0.4 is 5.32 Å². The van der Waals surface area contributed by atoms with Gasteiger partial charge in [-0.05, 0) is 53.9 Å². The van der Waals surface area contributed by atoms with Crippen molar-refractivity contribution in [1.29, 1.82) is 0 Å². The van der Waals surface area contributed by atoms with Crippen LogP contribution >= 0.6 is 34.7 Å². The molecule has 4 rings (SSSR count). The van der Waals surface area contributed by atoms with Gasteiger partial charge in [0.1, 0.15) is 0 Å². The molecule has 2 aromatic carbocycles. The Hall–Kier alpha value is -2.82. The van der Waals surface area contributed by atoms with Crippen molar-refractivity contribution in [2.75, 3.05) is 11.1 Å². The van der Waals surface area contributed by atoms with Crippen LogP contribution in [0.3, 0.4) is 0 Å². The third-order valence-electron chi connectivity index (χ3n) is 4.27. The molecule has 1 N–H and O–H groups in total. The molecule has 0 atom stereocenters. The summed E-state index contributed by atoms with van der Waals surface area (Å²) in [5.41, 5.74) is 0.0125. The Morgan fingerprint density at radius 1 is 1.09 bits per heavy atom. The summed E-state index contributed by atoms with van der Waals surface area (Å²) in [7, 11) is 0. The van der Waals surface area contributed by atoms with E-state index >= 15 is 0 Å². The smallest absolute Gasteiger partial charge is 0.325 e. The number of thiophene rings is 1. The summed E-state index contributed by atoms with van der Waals surface area (Å²) in [4.78, 5) is 13.3. The minimum atomic E-state index is -4.48. The number of carbonyl (C=O) groups excluding carboxylic acids is 1. The van der Waals surface area contributed by atoms with Crippen LogP contribution in [0.15, 0.2) is 71.2 Å². The normalized spacial score (nSPS) is 11.5. The van der Waals surface area contributed by atoms with Gasteiger partial charge in [0.25, 0.3) is 0 Å². The van der Waals surface area contributed by atoms with E-state index in [4.69, 9.17) is 11.6 Å². The molecule has 0 fully saturated rings. The van der Waals surface area contributed by atoms with E-state index in [2.05, 4.69) is 15.5 Å². The lowest BCUT2D eigenvalue weighted by Gasteiger charge is -2.11. The quantitative estimate of drug-likeness (QED) is 0.315. The number of nitrogens with zero attached hydrogens (tertiary/aromatic N) is 3. The molecule has 0 unspecified atom stereocenters. The van der Waals surface area contributed by atoms with E-state index in [9.17, 15) is 18.0 Å². The second kappa shape index (κ2) is 9.35. The van der Waals surface area contributed by atoms with E-state index in [1.807, 2.05) is 34.2 Å². The lowest BCUT2D eigenvalue weighted by molar-refractivity contribution is -0.137. The van der Waals surface area contributed by atoms with E-state index in [0.717, 1.165) is 34.5 Å². The highest BCUT2D eigenvalue weighted by atomic mass is 35.5. The first kappa shape index (κ1) is 22.4. The van der Waals surface area contributed by atoms with Gasteiger partial charge < -0.3 is 5.32 Å². The van der Waals surface area contributed by atoms with Gasteiger partial charge in [0.15, 0.2) is 11.0 Å². The second-order valence-electron chi connectivity index (χ2n) is 6.51. The summed E-state index contributed by atoms with van der Waals surface area (Å²) in [5, 5.41) is 13.9. The Labute approximate surface area is 194 Å². The van der Waals surface area contributed by atoms with Gasteiger partial charge in [-0.25, -0.2) is 0 Å². The van der Waals surface area contributed by atoms with Crippen LogP contribution in [0.1, 0.15) is 5.56 Å². The molecule has 11 heteroatoms. The lowest BCUT2D eigenvalue weighted by Crippen LogP contribution is -2.15. The predicted molar refractivity (Wildman–Crippen MR) is 120 cm³/mol. The molecule has 0 radical (unpaired) electrons. The van der Waals surface area contributed by atoms with Crippen LogP contribution in [0.4, 0.5) is 18.9 Å². The minimum Gasteiger partial charge on any atom is -0.325 e. The van der Waals surface area contributed by atoms with Crippen LogP contribution in [0.2, 0.25) is 5.02 Å². The summed E-state index contributed by atoms with van der Waals surface area (Å²) in [5.74, 6) is 0.0904. The third-order valence-corrected chi connectivity index (χ3v) is 6.31. The Balaban J connectivity index is 1.53. The monoisotopic (exact) mass is 494 g/mol. The van der Waals surface area contributed by atoms with Crippen molar-refractivity contribution in [3.63, 3.8) is 0 Å². The van der Waals surface area contributed by atoms with Gasteiger partial charge in [0.2, 0.25) is 5.91 Å². The molecule has 5 nitrogen and oxygen atoms in total. The zero-order chi connectivity index (χ0) is 22.7. The van der Waals surface area contributed by atoms with E-state index in [0.29, 0.717) is 16.0 Å². The first-order chi connectivity index (χ1) is 15.3. The molecule has 4 aromatic rings. The highest BCUT2D eigenvalue weighted by Gasteiger charge is 2.30. The molecular formula is C21H14ClF3N4OS2. The van der Waals surface area contributed by atoms with Crippen molar-refractivity contribution in [1.82, 2.24) is 14.8 Å². The van der Waals surface area contributed by atoms with Crippen molar-refractivity contribution >= 4 is 46.3 Å². The van der Waals surface area contributed by atoms with Gasteiger partial charge in [0.05, 0.1) is 16.2 Å². The molecule has 0 saturated heterocycles. The maximum atomic E-state index is 12.9. The molecule has 0 saturated carbocycles. The Morgan fingerprint density at radius 3 is 2.56 bits per heavy atom. The van der Waals surface area contributed by atoms with Gasteiger partial charge in [0, 0.05) is 16.4 Å². The lowest BCUT2D eigenvalue weighted by atomic mass is 10.2. The Bertz CT molecular complexity index is 1220.